The highest BCUT2D eigenvalue weighted by molar-refractivity contribution is 7.46. The molecular weight excluding hydrogens is 739 g/mol. The first-order valence-electron chi connectivity index (χ1n) is 23.3. The van der Waals surface area contributed by atoms with Gasteiger partial charge in [-0.15, -0.1) is 0 Å². The molecule has 0 radical (unpaired) electrons. The second-order valence-electron chi connectivity index (χ2n) is 16.6. The first kappa shape index (κ1) is 53.2. The maximum Gasteiger partial charge on any atom is 0.469 e. The highest BCUT2D eigenvalue weighted by Gasteiger charge is 2.36. The average Bonchev–Trinajstić information content (AvgIpc) is 3.93. The van der Waals surface area contributed by atoms with E-state index in [-0.39, 0.29) is 31.7 Å². The summed E-state index contributed by atoms with van der Waals surface area (Å²) >= 11 is 0. The second-order valence-corrected chi connectivity index (χ2v) is 17.8. The lowest BCUT2D eigenvalue weighted by Crippen LogP contribution is -2.29. The van der Waals surface area contributed by atoms with Crippen molar-refractivity contribution in [3.05, 3.63) is 36.5 Å². The van der Waals surface area contributed by atoms with Gasteiger partial charge in [0, 0.05) is 12.8 Å². The number of carbonyl (C=O) groups is 2. The molecule has 1 fully saturated rings. The van der Waals surface area contributed by atoms with E-state index in [9.17, 15) is 14.2 Å². The Bertz CT molecular complexity index is 1100. The summed E-state index contributed by atoms with van der Waals surface area (Å²) in [4.78, 5) is 43.0. The molecule has 0 aliphatic carbocycles. The minimum absolute atomic E-state index is 0.184. The minimum atomic E-state index is -4.77. The fourth-order valence-electron chi connectivity index (χ4n) is 6.89. The molecule has 2 N–H and O–H groups in total. The molecular formula is C47H85O9P. The Morgan fingerprint density at radius 3 is 1.61 bits per heavy atom. The predicted molar refractivity (Wildman–Crippen MR) is 234 cm³/mol. The number of rotatable bonds is 41. The van der Waals surface area contributed by atoms with Gasteiger partial charge in [0.25, 0.3) is 0 Å². The lowest BCUT2D eigenvalue weighted by atomic mass is 10.0. The molecule has 57 heavy (non-hydrogen) atoms. The summed E-state index contributed by atoms with van der Waals surface area (Å²) in [6.45, 7) is 5.98. The van der Waals surface area contributed by atoms with Crippen LogP contribution in [0.2, 0.25) is 0 Å². The topological polar surface area (TPSA) is 132 Å². The molecule has 1 rings (SSSR count). The molecule has 0 aromatic carbocycles. The van der Waals surface area contributed by atoms with Crippen LogP contribution >= 0.6 is 7.82 Å². The predicted octanol–water partition coefficient (Wildman–Crippen LogP) is 13.4. The van der Waals surface area contributed by atoms with E-state index in [1.807, 2.05) is 6.08 Å². The van der Waals surface area contributed by atoms with Crippen molar-refractivity contribution in [3.63, 3.8) is 0 Å². The molecule has 1 aliphatic rings. The number of ether oxygens (including phenoxy) is 3. The second kappa shape index (κ2) is 37.2. The highest BCUT2D eigenvalue weighted by Crippen LogP contribution is 2.36. The van der Waals surface area contributed by atoms with Crippen molar-refractivity contribution >= 4 is 19.8 Å². The quantitative estimate of drug-likeness (QED) is 0.0203. The van der Waals surface area contributed by atoms with Crippen molar-refractivity contribution in [1.82, 2.24) is 0 Å². The molecule has 1 heterocycles. The van der Waals surface area contributed by atoms with Gasteiger partial charge in [0.1, 0.15) is 6.61 Å². The highest BCUT2D eigenvalue weighted by atomic mass is 31.2. The van der Waals surface area contributed by atoms with E-state index in [1.165, 1.54) is 116 Å². The van der Waals surface area contributed by atoms with E-state index in [0.717, 1.165) is 57.3 Å². The third-order valence-electron chi connectivity index (χ3n) is 10.5. The minimum Gasteiger partial charge on any atom is -0.462 e. The smallest absolute Gasteiger partial charge is 0.462 e. The number of carbonyl (C=O) groups excluding carboxylic acids is 2. The van der Waals surface area contributed by atoms with Crippen LogP contribution in [0.25, 0.3) is 0 Å². The molecule has 332 valence electrons. The van der Waals surface area contributed by atoms with E-state index in [0.29, 0.717) is 12.8 Å². The van der Waals surface area contributed by atoms with E-state index in [4.69, 9.17) is 24.0 Å². The lowest BCUT2D eigenvalue weighted by Gasteiger charge is -2.18. The first-order chi connectivity index (χ1) is 27.6. The largest absolute Gasteiger partial charge is 0.469 e. The van der Waals surface area contributed by atoms with Gasteiger partial charge in [-0.3, -0.25) is 14.1 Å². The van der Waals surface area contributed by atoms with E-state index < -0.39 is 32.5 Å². The van der Waals surface area contributed by atoms with E-state index >= 15 is 0 Å². The number of epoxide rings is 1. The number of phosphoric ester groups is 1. The van der Waals surface area contributed by atoms with Crippen molar-refractivity contribution in [2.75, 3.05) is 13.2 Å². The Labute approximate surface area is 348 Å². The number of phosphoric acid groups is 1. The zero-order chi connectivity index (χ0) is 41.7. The van der Waals surface area contributed by atoms with Gasteiger partial charge >= 0.3 is 19.8 Å². The molecule has 0 aromatic heterocycles. The average molecular weight is 825 g/mol. The fraction of sp³-hybridized carbons (Fsp3) is 0.830. The molecule has 0 aromatic rings. The third kappa shape index (κ3) is 38.2. The molecule has 1 aliphatic heterocycles. The van der Waals surface area contributed by atoms with Gasteiger partial charge in [-0.1, -0.05) is 186 Å². The lowest BCUT2D eigenvalue weighted by molar-refractivity contribution is -0.161. The number of esters is 2. The van der Waals surface area contributed by atoms with Crippen LogP contribution < -0.4 is 0 Å². The van der Waals surface area contributed by atoms with Crippen LogP contribution in [0.5, 0.6) is 0 Å². The Hall–Kier alpha value is -1.77. The molecule has 9 nitrogen and oxygen atoms in total. The van der Waals surface area contributed by atoms with Gasteiger partial charge < -0.3 is 24.0 Å². The molecule has 2 unspecified atom stereocenters. The van der Waals surface area contributed by atoms with Crippen molar-refractivity contribution in [3.8, 4) is 0 Å². The van der Waals surface area contributed by atoms with Crippen LogP contribution in [-0.2, 0) is 32.9 Å². The molecule has 0 spiro atoms. The molecule has 0 bridgehead atoms. The van der Waals surface area contributed by atoms with Crippen molar-refractivity contribution in [2.45, 2.75) is 232 Å². The van der Waals surface area contributed by atoms with Crippen LogP contribution in [-0.4, -0.2) is 53.3 Å². The summed E-state index contributed by atoms with van der Waals surface area (Å²) < 4.78 is 32.2. The van der Waals surface area contributed by atoms with Gasteiger partial charge in [-0.2, -0.15) is 0 Å². The van der Waals surface area contributed by atoms with Crippen LogP contribution in [0.1, 0.15) is 213 Å². The molecule has 10 heteroatoms. The van der Waals surface area contributed by atoms with Gasteiger partial charge in [-0.25, -0.2) is 4.57 Å². The van der Waals surface area contributed by atoms with Crippen molar-refractivity contribution in [2.24, 2.45) is 5.92 Å². The fourth-order valence-corrected chi connectivity index (χ4v) is 7.25. The number of allylic oxidation sites excluding steroid dienone is 4. The number of hydrogen-bond donors (Lipinski definition) is 2. The Kier molecular flexibility index (Phi) is 34.8. The van der Waals surface area contributed by atoms with Gasteiger partial charge in [0.15, 0.2) is 6.10 Å². The summed E-state index contributed by atoms with van der Waals surface area (Å²) in [7, 11) is -4.77. The monoisotopic (exact) mass is 825 g/mol. The van der Waals surface area contributed by atoms with Crippen molar-refractivity contribution < 1.29 is 42.7 Å². The zero-order valence-electron chi connectivity index (χ0n) is 36.6. The van der Waals surface area contributed by atoms with E-state index in [1.54, 1.807) is 0 Å². The summed E-state index contributed by atoms with van der Waals surface area (Å²) in [6.07, 6.45) is 46.2. The zero-order valence-corrected chi connectivity index (χ0v) is 37.5. The SMILES string of the molecule is CCCCC/C=C\C/C=C\CC1OC1C/C=C\CCCC(=O)OC[C@H](COP(=O)(O)O)OC(=O)CCCCCCCCCCCCCCCCCCCCC(C)C. The summed E-state index contributed by atoms with van der Waals surface area (Å²) in [6, 6.07) is 0. The summed E-state index contributed by atoms with van der Waals surface area (Å²) in [5.41, 5.74) is 0. The van der Waals surface area contributed by atoms with Crippen LogP contribution in [0.3, 0.4) is 0 Å². The van der Waals surface area contributed by atoms with Crippen LogP contribution in [0.15, 0.2) is 36.5 Å². The summed E-state index contributed by atoms with van der Waals surface area (Å²) in [5.74, 6) is -0.105. The Balaban J connectivity index is 2.05. The Morgan fingerprint density at radius 1 is 0.596 bits per heavy atom. The third-order valence-corrected chi connectivity index (χ3v) is 11.0. The summed E-state index contributed by atoms with van der Waals surface area (Å²) in [5, 5.41) is 0. The van der Waals surface area contributed by atoms with Crippen LogP contribution in [0.4, 0.5) is 0 Å². The normalized spacial score (nSPS) is 16.4. The standard InChI is InChI=1S/C47H85O9P/c1-4-5-6-7-8-19-23-26-31-36-44-45(56-44)37-32-28-29-33-38-46(48)53-40-43(41-54-57(50,51)52)55-47(49)39-34-27-24-21-18-16-14-12-10-9-11-13-15-17-20-22-25-30-35-42(2)3/h8,19,26,28,31-32,42-45H,4-7,9-18,20-25,27,29-30,33-41H2,1-3H3,(H2,50,51,52)/b19-8-,31-26-,32-28-/t43-,44?,45?/m1/s1. The first-order valence-corrected chi connectivity index (χ1v) is 24.8. The number of unbranched alkanes of at least 4 members (excludes halogenated alkanes) is 21. The van der Waals surface area contributed by atoms with Gasteiger partial charge in [0.05, 0.1) is 18.8 Å². The molecule has 3 atom stereocenters. The molecule has 0 saturated carbocycles. The van der Waals surface area contributed by atoms with Gasteiger partial charge in [-0.05, 0) is 57.3 Å². The maximum absolute atomic E-state index is 12.5. The Morgan fingerprint density at radius 2 is 1.07 bits per heavy atom. The van der Waals surface area contributed by atoms with E-state index in [2.05, 4.69) is 55.7 Å². The maximum atomic E-state index is 12.5. The van der Waals surface area contributed by atoms with Gasteiger partial charge in [0.2, 0.25) is 0 Å². The molecule has 1 saturated heterocycles. The number of hydrogen-bond acceptors (Lipinski definition) is 7. The van der Waals surface area contributed by atoms with Crippen LogP contribution in [0, 0.1) is 5.92 Å². The molecule has 0 amide bonds. The van der Waals surface area contributed by atoms with Crippen molar-refractivity contribution in [1.29, 1.82) is 0 Å².